The number of nitrogens with zero attached hydrogens (tertiary/aromatic N) is 6. The summed E-state index contributed by atoms with van der Waals surface area (Å²) in [5.74, 6) is 1.98. The Kier molecular flexibility index (Phi) is 3.61. The van der Waals surface area contributed by atoms with E-state index in [4.69, 9.17) is 0 Å². The van der Waals surface area contributed by atoms with Crippen LogP contribution in [0.25, 0.3) is 0 Å². The first-order chi connectivity index (χ1) is 10.8. The molecule has 22 heavy (non-hydrogen) atoms. The van der Waals surface area contributed by atoms with Crippen LogP contribution in [0, 0.1) is 0 Å². The lowest BCUT2D eigenvalue weighted by Crippen LogP contribution is -2.32. The zero-order chi connectivity index (χ0) is 14.9. The summed E-state index contributed by atoms with van der Waals surface area (Å²) in [6.45, 7) is 1.72. The first-order valence-corrected chi connectivity index (χ1v) is 8.58. The van der Waals surface area contributed by atoms with E-state index in [0.717, 1.165) is 62.1 Å². The van der Waals surface area contributed by atoms with Crippen LogP contribution in [0.2, 0.25) is 0 Å². The number of hydrogen-bond acceptors (Lipinski definition) is 6. The van der Waals surface area contributed by atoms with Crippen LogP contribution in [0.3, 0.4) is 0 Å². The maximum absolute atomic E-state index is 12.6. The zero-order valence-corrected chi connectivity index (χ0v) is 13.1. The highest BCUT2D eigenvalue weighted by atomic mass is 32.1. The van der Waals surface area contributed by atoms with E-state index in [9.17, 15) is 4.79 Å². The zero-order valence-electron chi connectivity index (χ0n) is 12.3. The molecule has 4 heterocycles. The molecule has 1 unspecified atom stereocenters. The van der Waals surface area contributed by atoms with Gasteiger partial charge < -0.3 is 9.47 Å². The second-order valence-corrected chi connectivity index (χ2v) is 6.44. The van der Waals surface area contributed by atoms with Gasteiger partial charge in [0, 0.05) is 19.5 Å². The molecule has 0 saturated carbocycles. The van der Waals surface area contributed by atoms with Crippen molar-refractivity contribution in [3.05, 3.63) is 23.5 Å². The van der Waals surface area contributed by atoms with Crippen molar-refractivity contribution in [3.63, 3.8) is 0 Å². The minimum Gasteiger partial charge on any atom is -0.327 e. The average molecular weight is 318 g/mol. The predicted molar refractivity (Wildman–Crippen MR) is 80.5 cm³/mol. The summed E-state index contributed by atoms with van der Waals surface area (Å²) in [4.78, 5) is 14.5. The average Bonchev–Trinajstić information content (AvgIpc) is 3.24. The van der Waals surface area contributed by atoms with E-state index >= 15 is 0 Å². The summed E-state index contributed by atoms with van der Waals surface area (Å²) in [6.07, 6.45) is 8.05. The topological polar surface area (TPSA) is 76.8 Å². The number of rotatable bonds is 2. The molecule has 0 N–H and O–H groups in total. The van der Waals surface area contributed by atoms with Gasteiger partial charge in [-0.1, -0.05) is 6.42 Å². The van der Waals surface area contributed by atoms with Crippen molar-refractivity contribution < 1.29 is 4.79 Å². The van der Waals surface area contributed by atoms with E-state index in [-0.39, 0.29) is 11.9 Å². The van der Waals surface area contributed by atoms with Crippen molar-refractivity contribution in [2.24, 2.45) is 0 Å². The highest BCUT2D eigenvalue weighted by Crippen LogP contribution is 2.33. The van der Waals surface area contributed by atoms with Crippen molar-refractivity contribution in [2.45, 2.75) is 51.1 Å². The summed E-state index contributed by atoms with van der Waals surface area (Å²) in [6, 6.07) is 0.0218. The van der Waals surface area contributed by atoms with Crippen molar-refractivity contribution in [2.75, 3.05) is 6.54 Å². The Bertz CT molecular complexity index is 667. The van der Waals surface area contributed by atoms with Crippen LogP contribution in [0.5, 0.6) is 0 Å². The van der Waals surface area contributed by atoms with Crippen LogP contribution in [-0.4, -0.2) is 40.9 Å². The molecule has 0 bridgehead atoms. The minimum absolute atomic E-state index is 0.0218. The molecule has 2 aromatic heterocycles. The first-order valence-electron chi connectivity index (χ1n) is 7.85. The second-order valence-electron chi connectivity index (χ2n) is 5.89. The molecule has 0 aromatic carbocycles. The van der Waals surface area contributed by atoms with Gasteiger partial charge in [0.25, 0.3) is 5.91 Å². The van der Waals surface area contributed by atoms with Crippen LogP contribution >= 0.6 is 11.7 Å². The summed E-state index contributed by atoms with van der Waals surface area (Å²) in [5, 5.41) is 8.79. The van der Waals surface area contributed by atoms with Crippen molar-refractivity contribution in [1.82, 2.24) is 28.4 Å². The lowest BCUT2D eigenvalue weighted by Gasteiger charge is -2.23. The highest BCUT2D eigenvalue weighted by Gasteiger charge is 2.35. The van der Waals surface area contributed by atoms with Gasteiger partial charge in [-0.05, 0) is 25.7 Å². The Labute approximate surface area is 132 Å². The van der Waals surface area contributed by atoms with E-state index in [2.05, 4.69) is 23.5 Å². The van der Waals surface area contributed by atoms with Crippen molar-refractivity contribution in [1.29, 1.82) is 0 Å². The smallest absolute Gasteiger partial charge is 0.275 e. The quantitative estimate of drug-likeness (QED) is 0.844. The molecular weight excluding hydrogens is 300 g/mol. The van der Waals surface area contributed by atoms with E-state index < -0.39 is 0 Å². The van der Waals surface area contributed by atoms with Crippen LogP contribution in [0.4, 0.5) is 0 Å². The van der Waals surface area contributed by atoms with Gasteiger partial charge in [-0.3, -0.25) is 4.79 Å². The van der Waals surface area contributed by atoms with E-state index in [1.807, 2.05) is 4.90 Å². The normalized spacial score (nSPS) is 21.6. The number of aryl methyl sites for hydroxylation is 1. The van der Waals surface area contributed by atoms with Gasteiger partial charge in [-0.25, -0.2) is 0 Å². The minimum atomic E-state index is -0.0396. The number of amides is 1. The van der Waals surface area contributed by atoms with Crippen LogP contribution in [0.15, 0.2) is 6.20 Å². The van der Waals surface area contributed by atoms with E-state index in [0.29, 0.717) is 5.69 Å². The highest BCUT2D eigenvalue weighted by molar-refractivity contribution is 6.99. The summed E-state index contributed by atoms with van der Waals surface area (Å²) in [5.41, 5.74) is 0.438. The molecular formula is C14H18N6OS. The number of carbonyl (C=O) groups excluding carboxylic acids is 1. The lowest BCUT2D eigenvalue weighted by molar-refractivity contribution is 0.0722. The predicted octanol–water partition coefficient (Wildman–Crippen LogP) is 1.83. The Morgan fingerprint density at radius 1 is 1.18 bits per heavy atom. The van der Waals surface area contributed by atoms with Crippen LogP contribution in [0.1, 0.15) is 60.3 Å². The van der Waals surface area contributed by atoms with Gasteiger partial charge in [0.15, 0.2) is 11.5 Å². The maximum Gasteiger partial charge on any atom is 0.275 e. The van der Waals surface area contributed by atoms with Gasteiger partial charge in [0.05, 0.1) is 24.0 Å². The molecule has 1 fully saturated rings. The van der Waals surface area contributed by atoms with E-state index in [1.54, 1.807) is 6.20 Å². The Morgan fingerprint density at radius 2 is 2.14 bits per heavy atom. The third-order valence-electron chi connectivity index (χ3n) is 4.53. The Hall–Kier alpha value is -1.83. The molecule has 0 spiro atoms. The molecule has 1 saturated heterocycles. The molecule has 116 valence electrons. The van der Waals surface area contributed by atoms with Gasteiger partial charge in [0.2, 0.25) is 0 Å². The standard InChI is InChI=1S/C14H18N6OS/c21-14(10-9-15-22-18-10)19-8-4-5-11(19)13-17-16-12-6-2-1-3-7-20(12)13/h9,11H,1-8H2. The molecule has 4 rings (SSSR count). The molecule has 0 radical (unpaired) electrons. The molecule has 0 aliphatic carbocycles. The fraction of sp³-hybridized carbons (Fsp3) is 0.643. The van der Waals surface area contributed by atoms with Crippen molar-refractivity contribution >= 4 is 17.6 Å². The fourth-order valence-electron chi connectivity index (χ4n) is 3.44. The van der Waals surface area contributed by atoms with Crippen molar-refractivity contribution in [3.8, 4) is 0 Å². The molecule has 8 heteroatoms. The van der Waals surface area contributed by atoms with Crippen LogP contribution < -0.4 is 0 Å². The third-order valence-corrected chi connectivity index (χ3v) is 5.01. The summed E-state index contributed by atoms with van der Waals surface area (Å²) in [7, 11) is 0. The number of aromatic nitrogens is 5. The van der Waals surface area contributed by atoms with Gasteiger partial charge in [-0.2, -0.15) is 8.75 Å². The summed E-state index contributed by atoms with van der Waals surface area (Å²) >= 11 is 1.07. The SMILES string of the molecule is O=C(c1cnsn1)N1CCCC1c1nnc2n1CCCCC2. The lowest BCUT2D eigenvalue weighted by atomic mass is 10.2. The summed E-state index contributed by atoms with van der Waals surface area (Å²) < 4.78 is 10.2. The van der Waals surface area contributed by atoms with Gasteiger partial charge >= 0.3 is 0 Å². The van der Waals surface area contributed by atoms with E-state index in [1.165, 1.54) is 12.8 Å². The molecule has 1 amide bonds. The number of likely N-dealkylation sites (tertiary alicyclic amines) is 1. The second kappa shape index (κ2) is 5.75. The molecule has 2 aliphatic rings. The fourth-order valence-corrected chi connectivity index (χ4v) is 3.85. The number of hydrogen-bond donors (Lipinski definition) is 0. The molecule has 1 atom stereocenters. The van der Waals surface area contributed by atoms with Gasteiger partial charge in [0.1, 0.15) is 5.82 Å². The third kappa shape index (κ3) is 2.31. The number of fused-ring (bicyclic) bond motifs is 1. The first kappa shape index (κ1) is 13.8. The monoisotopic (exact) mass is 318 g/mol. The molecule has 2 aromatic rings. The number of carbonyl (C=O) groups is 1. The Morgan fingerprint density at radius 3 is 3.00 bits per heavy atom. The van der Waals surface area contributed by atoms with Gasteiger partial charge in [-0.15, -0.1) is 10.2 Å². The maximum atomic E-state index is 12.6. The molecule has 2 aliphatic heterocycles. The largest absolute Gasteiger partial charge is 0.327 e. The Balaban J connectivity index is 1.64. The van der Waals surface area contributed by atoms with Crippen LogP contribution in [-0.2, 0) is 13.0 Å². The molecule has 7 nitrogen and oxygen atoms in total.